The fraction of sp³-hybridized carbons (Fsp3) is 0.615. The molecule has 3 amide bonds. The zero-order valence-electron chi connectivity index (χ0n) is 22.4. The van der Waals surface area contributed by atoms with Crippen LogP contribution >= 0.6 is 0 Å². The number of rotatable bonds is 12. The van der Waals surface area contributed by atoms with E-state index >= 15 is 0 Å². The number of hydrogen-bond donors (Lipinski definition) is 3. The standard InChI is InChI=1S/C26H41N3O7/c1-8-18(4)29(24(33)20(16-30)28-25(34)36-26(5,6)7)22(19-12-10-17(3)11-13-19)23(32)27-15-14-21(31)35-9-2/h10-13,18,20,22,30H,8-9,14-16H2,1-7H3,(H,27,32)(H,28,34). The largest absolute Gasteiger partial charge is 0.466 e. The van der Waals surface area contributed by atoms with Gasteiger partial charge in [0.2, 0.25) is 11.8 Å². The van der Waals surface area contributed by atoms with Crippen LogP contribution in [0, 0.1) is 6.92 Å². The molecule has 0 bridgehead atoms. The molecule has 1 aromatic carbocycles. The number of nitrogens with one attached hydrogen (secondary N) is 2. The van der Waals surface area contributed by atoms with E-state index in [1.54, 1.807) is 46.8 Å². The third kappa shape index (κ3) is 9.85. The van der Waals surface area contributed by atoms with Crippen LogP contribution in [-0.4, -0.2) is 71.3 Å². The Balaban J connectivity index is 3.32. The molecule has 1 rings (SSSR count). The topological polar surface area (TPSA) is 134 Å². The number of hydrogen-bond acceptors (Lipinski definition) is 7. The summed E-state index contributed by atoms with van der Waals surface area (Å²) in [7, 11) is 0. The van der Waals surface area contributed by atoms with Gasteiger partial charge in [-0.3, -0.25) is 14.4 Å². The number of benzene rings is 1. The Morgan fingerprint density at radius 2 is 1.69 bits per heavy atom. The Bertz CT molecular complexity index is 881. The van der Waals surface area contributed by atoms with Crippen molar-refractivity contribution in [3.05, 3.63) is 35.4 Å². The molecule has 10 heteroatoms. The van der Waals surface area contributed by atoms with Gasteiger partial charge in [-0.25, -0.2) is 4.79 Å². The van der Waals surface area contributed by atoms with Crippen LogP contribution in [0.1, 0.15) is 71.6 Å². The van der Waals surface area contributed by atoms with E-state index in [2.05, 4.69) is 10.6 Å². The summed E-state index contributed by atoms with van der Waals surface area (Å²) in [6.45, 7) is 11.9. The molecule has 0 saturated carbocycles. The lowest BCUT2D eigenvalue weighted by molar-refractivity contribution is -0.146. The molecule has 3 unspecified atom stereocenters. The Kier molecular flexibility index (Phi) is 12.4. The lowest BCUT2D eigenvalue weighted by Gasteiger charge is -2.38. The number of carbonyl (C=O) groups is 4. The smallest absolute Gasteiger partial charge is 0.408 e. The molecule has 0 heterocycles. The van der Waals surface area contributed by atoms with Gasteiger partial charge in [-0.15, -0.1) is 0 Å². The summed E-state index contributed by atoms with van der Waals surface area (Å²) in [5.41, 5.74) is 0.727. The molecule has 3 N–H and O–H groups in total. The predicted molar refractivity (Wildman–Crippen MR) is 135 cm³/mol. The van der Waals surface area contributed by atoms with Gasteiger partial charge in [0, 0.05) is 12.6 Å². The van der Waals surface area contributed by atoms with Crippen LogP contribution in [0.2, 0.25) is 0 Å². The average molecular weight is 508 g/mol. The third-order valence-electron chi connectivity index (χ3n) is 5.35. The molecule has 0 aliphatic rings. The molecule has 3 atom stereocenters. The zero-order valence-corrected chi connectivity index (χ0v) is 22.4. The third-order valence-corrected chi connectivity index (χ3v) is 5.35. The van der Waals surface area contributed by atoms with Crippen LogP contribution in [0.25, 0.3) is 0 Å². The summed E-state index contributed by atoms with van der Waals surface area (Å²) in [5, 5.41) is 15.1. The van der Waals surface area contributed by atoms with E-state index in [4.69, 9.17) is 9.47 Å². The van der Waals surface area contributed by atoms with Gasteiger partial charge in [0.15, 0.2) is 0 Å². The summed E-state index contributed by atoms with van der Waals surface area (Å²) < 4.78 is 10.1. The Hall–Kier alpha value is -3.14. The summed E-state index contributed by atoms with van der Waals surface area (Å²) in [4.78, 5) is 52.5. The molecule has 1 aromatic rings. The normalized spacial score (nSPS) is 13.7. The number of alkyl carbamates (subject to hydrolysis) is 1. The second-order valence-corrected chi connectivity index (χ2v) is 9.54. The van der Waals surface area contributed by atoms with Gasteiger partial charge in [0.1, 0.15) is 17.7 Å². The molecule has 0 saturated heterocycles. The summed E-state index contributed by atoms with van der Waals surface area (Å²) >= 11 is 0. The van der Waals surface area contributed by atoms with Crippen molar-refractivity contribution in [3.63, 3.8) is 0 Å². The maximum atomic E-state index is 13.7. The van der Waals surface area contributed by atoms with E-state index in [1.165, 1.54) is 4.90 Å². The van der Waals surface area contributed by atoms with Crippen molar-refractivity contribution < 1.29 is 33.8 Å². The van der Waals surface area contributed by atoms with Gasteiger partial charge in [-0.05, 0) is 53.5 Å². The highest BCUT2D eigenvalue weighted by molar-refractivity contribution is 5.92. The number of ether oxygens (including phenoxy) is 2. The van der Waals surface area contributed by atoms with Crippen molar-refractivity contribution >= 4 is 23.9 Å². The first-order valence-corrected chi connectivity index (χ1v) is 12.3. The quantitative estimate of drug-likeness (QED) is 0.370. The zero-order chi connectivity index (χ0) is 27.5. The number of aliphatic hydroxyl groups is 1. The van der Waals surface area contributed by atoms with Gasteiger partial charge in [-0.2, -0.15) is 0 Å². The molecule has 0 aliphatic heterocycles. The van der Waals surface area contributed by atoms with Crippen LogP contribution in [0.3, 0.4) is 0 Å². The first kappa shape index (κ1) is 30.9. The second-order valence-electron chi connectivity index (χ2n) is 9.54. The molecule has 36 heavy (non-hydrogen) atoms. The van der Waals surface area contributed by atoms with Crippen LogP contribution < -0.4 is 10.6 Å². The van der Waals surface area contributed by atoms with Gasteiger partial charge in [0.05, 0.1) is 19.6 Å². The Morgan fingerprint density at radius 1 is 1.08 bits per heavy atom. The van der Waals surface area contributed by atoms with E-state index < -0.39 is 54.2 Å². The van der Waals surface area contributed by atoms with Gasteiger partial charge < -0.3 is 30.1 Å². The number of aliphatic hydroxyl groups excluding tert-OH is 1. The number of nitrogens with zero attached hydrogens (tertiary/aromatic N) is 1. The number of amides is 3. The van der Waals surface area contributed by atoms with Crippen molar-refractivity contribution in [2.75, 3.05) is 19.8 Å². The van der Waals surface area contributed by atoms with Crippen LogP contribution in [-0.2, 0) is 23.9 Å². The Labute approximate surface area is 213 Å². The van der Waals surface area contributed by atoms with Crippen molar-refractivity contribution in [2.45, 2.75) is 85.0 Å². The fourth-order valence-corrected chi connectivity index (χ4v) is 3.42. The van der Waals surface area contributed by atoms with Gasteiger partial charge in [-0.1, -0.05) is 36.8 Å². The van der Waals surface area contributed by atoms with Crippen molar-refractivity contribution in [1.29, 1.82) is 0 Å². The fourth-order valence-electron chi connectivity index (χ4n) is 3.42. The SMILES string of the molecule is CCOC(=O)CCNC(=O)C(c1ccc(C)cc1)N(C(=O)C(CO)NC(=O)OC(C)(C)C)C(C)CC. The van der Waals surface area contributed by atoms with E-state index in [0.29, 0.717) is 12.0 Å². The first-order valence-electron chi connectivity index (χ1n) is 12.3. The van der Waals surface area contributed by atoms with Crippen LogP contribution in [0.4, 0.5) is 4.79 Å². The summed E-state index contributed by atoms with van der Waals surface area (Å²) in [5.74, 6) is -1.57. The van der Waals surface area contributed by atoms with E-state index in [0.717, 1.165) is 5.56 Å². The van der Waals surface area contributed by atoms with Gasteiger partial charge in [0.25, 0.3) is 0 Å². The lowest BCUT2D eigenvalue weighted by atomic mass is 9.99. The molecular formula is C26H41N3O7. The summed E-state index contributed by atoms with van der Waals surface area (Å²) in [6, 6.07) is 4.35. The van der Waals surface area contributed by atoms with Crippen molar-refractivity contribution in [2.24, 2.45) is 0 Å². The van der Waals surface area contributed by atoms with Gasteiger partial charge >= 0.3 is 12.1 Å². The van der Waals surface area contributed by atoms with Crippen LogP contribution in [0.5, 0.6) is 0 Å². The molecule has 0 aromatic heterocycles. The summed E-state index contributed by atoms with van der Waals surface area (Å²) in [6.07, 6.45) is -0.365. The highest BCUT2D eigenvalue weighted by Gasteiger charge is 2.38. The average Bonchev–Trinajstić information content (AvgIpc) is 2.79. The number of carbonyl (C=O) groups excluding carboxylic acids is 4. The molecule has 0 radical (unpaired) electrons. The minimum atomic E-state index is -1.32. The van der Waals surface area contributed by atoms with Crippen molar-refractivity contribution in [1.82, 2.24) is 15.5 Å². The second kappa shape index (κ2) is 14.4. The minimum Gasteiger partial charge on any atom is -0.466 e. The minimum absolute atomic E-state index is 0.0169. The van der Waals surface area contributed by atoms with Crippen molar-refractivity contribution in [3.8, 4) is 0 Å². The van der Waals surface area contributed by atoms with E-state index in [-0.39, 0.29) is 19.6 Å². The highest BCUT2D eigenvalue weighted by atomic mass is 16.6. The highest BCUT2D eigenvalue weighted by Crippen LogP contribution is 2.26. The Morgan fingerprint density at radius 3 is 2.19 bits per heavy atom. The first-order chi connectivity index (χ1) is 16.8. The maximum Gasteiger partial charge on any atom is 0.408 e. The van der Waals surface area contributed by atoms with Crippen LogP contribution in [0.15, 0.2) is 24.3 Å². The maximum absolute atomic E-state index is 13.7. The molecular weight excluding hydrogens is 466 g/mol. The molecule has 0 spiro atoms. The molecule has 0 aliphatic carbocycles. The molecule has 202 valence electrons. The van der Waals surface area contributed by atoms with E-state index in [9.17, 15) is 24.3 Å². The lowest BCUT2D eigenvalue weighted by Crippen LogP contribution is -2.56. The molecule has 10 nitrogen and oxygen atoms in total. The predicted octanol–water partition coefficient (Wildman–Crippen LogP) is 2.62. The monoisotopic (exact) mass is 507 g/mol. The number of esters is 1. The molecule has 0 fully saturated rings. The van der Waals surface area contributed by atoms with E-state index in [1.807, 2.05) is 26.0 Å². The number of aryl methyl sites for hydroxylation is 1.